The normalized spacial score (nSPS) is 13.7. The third kappa shape index (κ3) is 19.7. The fourth-order valence-corrected chi connectivity index (χ4v) is 5.10. The summed E-state index contributed by atoms with van der Waals surface area (Å²) in [4.78, 5) is 113. The van der Waals surface area contributed by atoms with E-state index in [0.29, 0.717) is 5.56 Å². The monoisotopic (exact) mass is 759 g/mol. The van der Waals surface area contributed by atoms with E-state index in [-0.39, 0.29) is 57.5 Å². The summed E-state index contributed by atoms with van der Waals surface area (Å²) in [5.74, 6) is -7.31. The quantitative estimate of drug-likeness (QED) is 0.0453. The lowest BCUT2D eigenvalue weighted by molar-refractivity contribution is -0.138. The predicted octanol–water partition coefficient (Wildman–Crippen LogP) is -0.766. The Hall–Kier alpha value is -5.81. The minimum Gasteiger partial charge on any atom is -0.481 e. The van der Waals surface area contributed by atoms with Gasteiger partial charge in [-0.15, -0.1) is 0 Å². The van der Waals surface area contributed by atoms with Gasteiger partial charge in [0.25, 0.3) is 0 Å². The predicted molar refractivity (Wildman–Crippen MR) is 194 cm³/mol. The second kappa shape index (κ2) is 24.4. The van der Waals surface area contributed by atoms with E-state index in [9.17, 15) is 43.2 Å². The molecule has 54 heavy (non-hydrogen) atoms. The molecule has 0 aromatic heterocycles. The molecular formula is C36H53N7O11. The Morgan fingerprint density at radius 3 is 1.74 bits per heavy atom. The number of nitrogens with two attached hydrogens (primary N) is 2. The third-order valence-corrected chi connectivity index (χ3v) is 7.69. The van der Waals surface area contributed by atoms with Crippen molar-refractivity contribution in [2.24, 2.45) is 17.4 Å². The molecule has 1 aromatic carbocycles. The number of aliphatic carboxylic acids is 1. The second-order valence-corrected chi connectivity index (χ2v) is 12.9. The van der Waals surface area contributed by atoms with Crippen molar-refractivity contribution < 1.29 is 53.0 Å². The fraction of sp³-hybridized carbons (Fsp3) is 0.528. The van der Waals surface area contributed by atoms with Crippen molar-refractivity contribution in [3.05, 3.63) is 48.0 Å². The first-order chi connectivity index (χ1) is 25.4. The van der Waals surface area contributed by atoms with Crippen LogP contribution in [0.5, 0.6) is 0 Å². The molecule has 0 heterocycles. The van der Waals surface area contributed by atoms with E-state index >= 15 is 0 Å². The van der Waals surface area contributed by atoms with E-state index in [2.05, 4.69) is 26.6 Å². The Morgan fingerprint density at radius 2 is 1.20 bits per heavy atom. The standard InChI is InChI=1S/C36H53N7O11/c1-5-54-32(49)18-12-24(11-15-29(37)45)40-35(52)27(19-21(2)3)42-34(51)26(13-16-30(38)46)41-36(53)28(20-23-9-7-6-8-10-23)43-33(50)25(39-22(4)44)14-17-31(47)48/h6-10,12,18,21,24-28H,5,11,13-17,19-20H2,1-4H3,(H2,37,45)(H2,38,46)(H,39,44)(H,40,52)(H,41,53)(H,42,51)(H,43,50)(H,47,48)/b18-12+/t24-,25-,26-,27-,28-/m0/s1. The van der Waals surface area contributed by atoms with Crippen molar-refractivity contribution in [2.75, 3.05) is 6.61 Å². The van der Waals surface area contributed by atoms with Gasteiger partial charge in [-0.25, -0.2) is 4.79 Å². The minimum absolute atomic E-state index is 0.0320. The maximum atomic E-state index is 13.8. The largest absolute Gasteiger partial charge is 0.481 e. The molecule has 1 rings (SSSR count). The number of carbonyl (C=O) groups excluding carboxylic acids is 8. The van der Waals surface area contributed by atoms with Crippen LogP contribution in [0, 0.1) is 5.92 Å². The molecule has 0 radical (unpaired) electrons. The number of hydrogen-bond acceptors (Lipinski definition) is 10. The van der Waals surface area contributed by atoms with Gasteiger partial charge in [0.15, 0.2) is 0 Å². The zero-order chi connectivity index (χ0) is 40.8. The van der Waals surface area contributed by atoms with E-state index < -0.39 is 89.9 Å². The highest BCUT2D eigenvalue weighted by atomic mass is 16.5. The Kier molecular flexibility index (Phi) is 20.9. The second-order valence-electron chi connectivity index (χ2n) is 12.9. The van der Waals surface area contributed by atoms with Crippen molar-refractivity contribution in [3.63, 3.8) is 0 Å². The summed E-state index contributed by atoms with van der Waals surface area (Å²) in [5.41, 5.74) is 11.2. The average molecular weight is 760 g/mol. The number of carbonyl (C=O) groups is 9. The Labute approximate surface area is 313 Å². The van der Waals surface area contributed by atoms with Crippen molar-refractivity contribution in [1.29, 1.82) is 0 Å². The number of ether oxygens (including phenoxy) is 1. The summed E-state index contributed by atoms with van der Waals surface area (Å²) in [6, 6.07) is 2.39. The van der Waals surface area contributed by atoms with Gasteiger partial charge in [-0.05, 0) is 44.1 Å². The molecule has 18 nitrogen and oxygen atoms in total. The Balaban J connectivity index is 3.39. The van der Waals surface area contributed by atoms with E-state index in [1.54, 1.807) is 51.1 Å². The zero-order valence-corrected chi connectivity index (χ0v) is 31.1. The zero-order valence-electron chi connectivity index (χ0n) is 31.1. The lowest BCUT2D eigenvalue weighted by Crippen LogP contribution is -2.59. The van der Waals surface area contributed by atoms with Crippen molar-refractivity contribution in [3.8, 4) is 0 Å². The molecular weight excluding hydrogens is 706 g/mol. The van der Waals surface area contributed by atoms with Gasteiger partial charge in [-0.2, -0.15) is 0 Å². The molecule has 0 aliphatic rings. The molecule has 0 aliphatic carbocycles. The van der Waals surface area contributed by atoms with Gasteiger partial charge >= 0.3 is 11.9 Å². The lowest BCUT2D eigenvalue weighted by atomic mass is 10.0. The summed E-state index contributed by atoms with van der Waals surface area (Å²) in [5, 5.41) is 21.9. The first-order valence-corrected chi connectivity index (χ1v) is 17.6. The summed E-state index contributed by atoms with van der Waals surface area (Å²) in [6.07, 6.45) is 1.00. The maximum Gasteiger partial charge on any atom is 0.330 e. The van der Waals surface area contributed by atoms with Crippen LogP contribution in [-0.4, -0.2) is 95.2 Å². The van der Waals surface area contributed by atoms with Crippen molar-refractivity contribution in [1.82, 2.24) is 26.6 Å². The highest BCUT2D eigenvalue weighted by molar-refractivity contribution is 5.96. The van der Waals surface area contributed by atoms with Crippen LogP contribution in [-0.2, 0) is 54.3 Å². The third-order valence-electron chi connectivity index (χ3n) is 7.69. The number of carboxylic acids is 1. The summed E-state index contributed by atoms with van der Waals surface area (Å²) in [7, 11) is 0. The van der Waals surface area contributed by atoms with E-state index in [4.69, 9.17) is 21.3 Å². The first-order valence-electron chi connectivity index (χ1n) is 17.6. The highest BCUT2D eigenvalue weighted by Crippen LogP contribution is 2.11. The summed E-state index contributed by atoms with van der Waals surface area (Å²) >= 11 is 0. The van der Waals surface area contributed by atoms with E-state index in [0.717, 1.165) is 13.0 Å². The molecule has 0 bridgehead atoms. The van der Waals surface area contributed by atoms with Crippen LogP contribution >= 0.6 is 0 Å². The summed E-state index contributed by atoms with van der Waals surface area (Å²) in [6.45, 7) is 6.47. The van der Waals surface area contributed by atoms with E-state index in [1.165, 1.54) is 6.08 Å². The number of nitrogens with one attached hydrogen (secondary N) is 5. The van der Waals surface area contributed by atoms with Gasteiger partial charge in [0.1, 0.15) is 24.2 Å². The SMILES string of the molecule is CCOC(=O)/C=C/[C@H](CCC(N)=O)NC(=O)[C@H](CC(C)C)NC(=O)[C@H](CCC(N)=O)NC(=O)[C@H](Cc1ccccc1)NC(=O)[C@H](CCC(=O)O)NC(C)=O. The minimum atomic E-state index is -1.44. The molecule has 7 amide bonds. The molecule has 0 fully saturated rings. The molecule has 0 unspecified atom stereocenters. The fourth-order valence-electron chi connectivity index (χ4n) is 5.10. The van der Waals surface area contributed by atoms with E-state index in [1.807, 2.05) is 0 Å². The average Bonchev–Trinajstić information content (AvgIpc) is 3.08. The van der Waals surface area contributed by atoms with Crippen LogP contribution in [0.3, 0.4) is 0 Å². The Morgan fingerprint density at radius 1 is 0.704 bits per heavy atom. The molecule has 0 spiro atoms. The van der Waals surface area contributed by atoms with Crippen LogP contribution in [0.2, 0.25) is 0 Å². The molecule has 18 heteroatoms. The van der Waals surface area contributed by atoms with Gasteiger partial charge in [0.2, 0.25) is 41.4 Å². The molecule has 298 valence electrons. The number of esters is 1. The van der Waals surface area contributed by atoms with Crippen LogP contribution < -0.4 is 38.1 Å². The van der Waals surface area contributed by atoms with Crippen LogP contribution in [0.15, 0.2) is 42.5 Å². The molecule has 0 aliphatic heterocycles. The van der Waals surface area contributed by atoms with Gasteiger partial charge in [0, 0.05) is 44.7 Å². The molecule has 10 N–H and O–H groups in total. The number of rotatable bonds is 25. The lowest BCUT2D eigenvalue weighted by Gasteiger charge is -2.27. The molecule has 0 saturated carbocycles. The van der Waals surface area contributed by atoms with Gasteiger partial charge in [-0.3, -0.25) is 38.4 Å². The van der Waals surface area contributed by atoms with Crippen LogP contribution in [0.1, 0.15) is 78.2 Å². The summed E-state index contributed by atoms with van der Waals surface area (Å²) < 4.78 is 4.87. The number of benzene rings is 1. The van der Waals surface area contributed by atoms with Crippen molar-refractivity contribution >= 4 is 53.3 Å². The number of primary amides is 2. The highest BCUT2D eigenvalue weighted by Gasteiger charge is 2.32. The Bertz CT molecular complexity index is 1500. The topological polar surface area (TPSA) is 295 Å². The van der Waals surface area contributed by atoms with Crippen LogP contribution in [0.25, 0.3) is 0 Å². The van der Waals surface area contributed by atoms with Crippen LogP contribution in [0.4, 0.5) is 0 Å². The van der Waals surface area contributed by atoms with Gasteiger partial charge in [-0.1, -0.05) is 50.3 Å². The first kappa shape index (κ1) is 46.2. The number of hydrogen-bond donors (Lipinski definition) is 8. The maximum absolute atomic E-state index is 13.8. The van der Waals surface area contributed by atoms with Gasteiger partial charge in [0.05, 0.1) is 6.61 Å². The molecule has 1 aromatic rings. The smallest absolute Gasteiger partial charge is 0.330 e. The van der Waals surface area contributed by atoms with Gasteiger partial charge < -0.3 is 47.9 Å². The number of amides is 7. The number of carboxylic acid groups (broad SMARTS) is 1. The molecule has 5 atom stereocenters. The molecule has 0 saturated heterocycles. The van der Waals surface area contributed by atoms with Crippen molar-refractivity contribution in [2.45, 2.75) is 109 Å².